The molecule has 1 heterocycles. The lowest BCUT2D eigenvalue weighted by molar-refractivity contribution is 0.0681. The van der Waals surface area contributed by atoms with Crippen LogP contribution in [0.1, 0.15) is 22.3 Å². The quantitative estimate of drug-likeness (QED) is 0.645. The molecule has 1 aliphatic heterocycles. The van der Waals surface area contributed by atoms with Gasteiger partial charge < -0.3 is 9.64 Å². The molecule has 1 amide bonds. The average Bonchev–Trinajstić information content (AvgIpc) is 3.11. The summed E-state index contributed by atoms with van der Waals surface area (Å²) in [5, 5.41) is 2.16. The molecule has 0 aromatic heterocycles. The van der Waals surface area contributed by atoms with Crippen molar-refractivity contribution >= 4 is 26.5 Å². The largest absolute Gasteiger partial charge is 0.497 e. The van der Waals surface area contributed by atoms with Crippen LogP contribution in [0.3, 0.4) is 0 Å². The van der Waals surface area contributed by atoms with Crippen molar-refractivity contribution in [3.8, 4) is 5.75 Å². The van der Waals surface area contributed by atoms with Crippen LogP contribution in [0.15, 0.2) is 66.7 Å². The van der Waals surface area contributed by atoms with Crippen LogP contribution >= 0.6 is 0 Å². The molecule has 1 aliphatic rings. The van der Waals surface area contributed by atoms with Crippen LogP contribution in [0.25, 0.3) is 10.8 Å². The second kappa shape index (κ2) is 7.87. The third-order valence-electron chi connectivity index (χ3n) is 5.45. The van der Waals surface area contributed by atoms with Crippen LogP contribution < -0.4 is 4.74 Å². The van der Waals surface area contributed by atoms with E-state index in [-0.39, 0.29) is 23.5 Å². The molecule has 6 heteroatoms. The number of carbonyl (C=O) groups is 1. The van der Waals surface area contributed by atoms with Gasteiger partial charge in [0.1, 0.15) is 5.75 Å². The van der Waals surface area contributed by atoms with Gasteiger partial charge in [0.15, 0.2) is 9.84 Å². The Bertz CT molecular complexity index is 1150. The Kier molecular flexibility index (Phi) is 5.28. The maximum atomic E-state index is 13.4. The Balaban J connectivity index is 1.73. The maximum Gasteiger partial charge on any atom is 0.254 e. The highest BCUT2D eigenvalue weighted by atomic mass is 32.2. The summed E-state index contributed by atoms with van der Waals surface area (Å²) in [5.74, 6) is 0.543. The zero-order valence-electron chi connectivity index (χ0n) is 16.2. The first-order valence-electron chi connectivity index (χ1n) is 9.59. The molecule has 1 saturated heterocycles. The Hall–Kier alpha value is -2.86. The SMILES string of the molecule is COc1cccc(C(=O)N(Cc2cccc3ccccc23)[C@@H]2CCS(=O)(=O)C2)c1. The van der Waals surface area contributed by atoms with Crippen LogP contribution in [0.5, 0.6) is 5.75 Å². The van der Waals surface area contributed by atoms with Gasteiger partial charge in [0.2, 0.25) is 0 Å². The standard InChI is InChI=1S/C23H23NO4S/c1-28-21-10-5-8-18(14-21)23(25)24(20-12-13-29(26,27)16-20)15-19-9-4-7-17-6-2-3-11-22(17)19/h2-11,14,20H,12-13,15-16H2,1H3/t20-/m1/s1. The fraction of sp³-hybridized carbons (Fsp3) is 0.261. The molecule has 3 aromatic carbocycles. The van der Waals surface area contributed by atoms with Gasteiger partial charge >= 0.3 is 0 Å². The normalized spacial score (nSPS) is 17.9. The number of fused-ring (bicyclic) bond motifs is 1. The molecular weight excluding hydrogens is 386 g/mol. The van der Waals surface area contributed by atoms with Crippen molar-refractivity contribution in [2.45, 2.75) is 19.0 Å². The van der Waals surface area contributed by atoms with E-state index in [4.69, 9.17) is 4.74 Å². The number of carbonyl (C=O) groups excluding carboxylic acids is 1. The molecule has 29 heavy (non-hydrogen) atoms. The van der Waals surface area contributed by atoms with Gasteiger partial charge in [-0.3, -0.25) is 4.79 Å². The van der Waals surface area contributed by atoms with Gasteiger partial charge in [-0.2, -0.15) is 0 Å². The lowest BCUT2D eigenvalue weighted by Gasteiger charge is -2.29. The number of amides is 1. The van der Waals surface area contributed by atoms with Crippen molar-refractivity contribution < 1.29 is 17.9 Å². The summed E-state index contributed by atoms with van der Waals surface area (Å²) in [6, 6.07) is 20.7. The molecule has 1 fully saturated rings. The molecule has 0 saturated carbocycles. The molecule has 0 unspecified atom stereocenters. The third-order valence-corrected chi connectivity index (χ3v) is 7.20. The minimum Gasteiger partial charge on any atom is -0.497 e. The molecule has 0 radical (unpaired) electrons. The Morgan fingerprint density at radius 2 is 1.83 bits per heavy atom. The number of rotatable bonds is 5. The van der Waals surface area contributed by atoms with E-state index in [1.807, 2.05) is 42.5 Å². The fourth-order valence-electron chi connectivity index (χ4n) is 3.92. The van der Waals surface area contributed by atoms with Crippen LogP contribution in [-0.2, 0) is 16.4 Å². The Morgan fingerprint density at radius 1 is 1.07 bits per heavy atom. The number of nitrogens with zero attached hydrogens (tertiary/aromatic N) is 1. The summed E-state index contributed by atoms with van der Waals surface area (Å²) in [4.78, 5) is 15.1. The van der Waals surface area contributed by atoms with Gasteiger partial charge in [-0.15, -0.1) is 0 Å². The van der Waals surface area contributed by atoms with E-state index < -0.39 is 9.84 Å². The highest BCUT2D eigenvalue weighted by Crippen LogP contribution is 2.26. The monoisotopic (exact) mass is 409 g/mol. The summed E-state index contributed by atoms with van der Waals surface area (Å²) >= 11 is 0. The van der Waals surface area contributed by atoms with E-state index in [1.54, 1.807) is 36.3 Å². The minimum atomic E-state index is -3.12. The summed E-state index contributed by atoms with van der Waals surface area (Å²) in [7, 11) is -1.57. The number of benzene rings is 3. The predicted molar refractivity (Wildman–Crippen MR) is 114 cm³/mol. The van der Waals surface area contributed by atoms with Gasteiger partial charge in [0, 0.05) is 18.2 Å². The molecular formula is C23H23NO4S. The van der Waals surface area contributed by atoms with Crippen molar-refractivity contribution in [1.29, 1.82) is 0 Å². The molecule has 0 aliphatic carbocycles. The molecule has 1 atom stereocenters. The van der Waals surface area contributed by atoms with E-state index in [0.29, 0.717) is 24.3 Å². The number of methoxy groups -OCH3 is 1. The van der Waals surface area contributed by atoms with E-state index >= 15 is 0 Å². The Morgan fingerprint density at radius 3 is 2.59 bits per heavy atom. The molecule has 0 spiro atoms. The highest BCUT2D eigenvalue weighted by Gasteiger charge is 2.35. The zero-order chi connectivity index (χ0) is 20.4. The Labute approximate surface area is 170 Å². The summed E-state index contributed by atoms with van der Waals surface area (Å²) in [6.07, 6.45) is 0.461. The maximum absolute atomic E-state index is 13.4. The fourth-order valence-corrected chi connectivity index (χ4v) is 5.65. The van der Waals surface area contributed by atoms with Crippen molar-refractivity contribution in [3.05, 3.63) is 77.9 Å². The third kappa shape index (κ3) is 4.12. The summed E-state index contributed by atoms with van der Waals surface area (Å²) in [6.45, 7) is 0.359. The lowest BCUT2D eigenvalue weighted by atomic mass is 10.0. The second-order valence-corrected chi connectivity index (χ2v) is 9.59. The smallest absolute Gasteiger partial charge is 0.254 e. The van der Waals surface area contributed by atoms with E-state index in [9.17, 15) is 13.2 Å². The number of hydrogen-bond acceptors (Lipinski definition) is 4. The van der Waals surface area contributed by atoms with Crippen LogP contribution in [-0.4, -0.2) is 43.9 Å². The first kappa shape index (κ1) is 19.5. The first-order chi connectivity index (χ1) is 14.0. The molecule has 3 aromatic rings. The van der Waals surface area contributed by atoms with Gasteiger partial charge in [-0.25, -0.2) is 8.42 Å². The topological polar surface area (TPSA) is 63.7 Å². The van der Waals surface area contributed by atoms with Gasteiger partial charge in [-0.1, -0.05) is 48.5 Å². The second-order valence-electron chi connectivity index (χ2n) is 7.36. The molecule has 4 rings (SSSR count). The van der Waals surface area contributed by atoms with Crippen molar-refractivity contribution in [3.63, 3.8) is 0 Å². The summed E-state index contributed by atoms with van der Waals surface area (Å²) in [5.41, 5.74) is 1.50. The molecule has 5 nitrogen and oxygen atoms in total. The number of hydrogen-bond donors (Lipinski definition) is 0. The zero-order valence-corrected chi connectivity index (χ0v) is 17.1. The van der Waals surface area contributed by atoms with E-state index in [2.05, 4.69) is 0 Å². The van der Waals surface area contributed by atoms with Gasteiger partial charge in [0.25, 0.3) is 5.91 Å². The van der Waals surface area contributed by atoms with Crippen molar-refractivity contribution in [2.75, 3.05) is 18.6 Å². The lowest BCUT2D eigenvalue weighted by Crippen LogP contribution is -2.40. The van der Waals surface area contributed by atoms with Crippen molar-refractivity contribution in [2.24, 2.45) is 0 Å². The first-order valence-corrected chi connectivity index (χ1v) is 11.4. The summed E-state index contributed by atoms with van der Waals surface area (Å²) < 4.78 is 29.5. The number of sulfone groups is 1. The molecule has 150 valence electrons. The predicted octanol–water partition coefficient (Wildman–Crippen LogP) is 3.68. The molecule has 0 N–H and O–H groups in total. The number of ether oxygens (including phenoxy) is 1. The van der Waals surface area contributed by atoms with Crippen LogP contribution in [0, 0.1) is 0 Å². The van der Waals surface area contributed by atoms with Crippen molar-refractivity contribution in [1.82, 2.24) is 4.90 Å². The van der Waals surface area contributed by atoms with E-state index in [1.165, 1.54) is 0 Å². The van der Waals surface area contributed by atoms with Crippen LogP contribution in [0.2, 0.25) is 0 Å². The van der Waals surface area contributed by atoms with Crippen LogP contribution in [0.4, 0.5) is 0 Å². The molecule has 0 bridgehead atoms. The highest BCUT2D eigenvalue weighted by molar-refractivity contribution is 7.91. The van der Waals surface area contributed by atoms with Gasteiger partial charge in [-0.05, 0) is 41.0 Å². The van der Waals surface area contributed by atoms with E-state index in [0.717, 1.165) is 16.3 Å². The minimum absolute atomic E-state index is 0.00742. The average molecular weight is 410 g/mol. The van der Waals surface area contributed by atoms with Gasteiger partial charge in [0.05, 0.1) is 18.6 Å².